The molecule has 0 bridgehead atoms. The van der Waals surface area contributed by atoms with Crippen LogP contribution in [0.2, 0.25) is 5.02 Å². The number of aromatic nitrogens is 6. The molecular weight excluding hydrogens is 422 g/mol. The Morgan fingerprint density at radius 1 is 1.20 bits per heavy atom. The molecular formula is C20H22ClN7OS. The first kappa shape index (κ1) is 19.4. The van der Waals surface area contributed by atoms with E-state index in [2.05, 4.69) is 19.9 Å². The van der Waals surface area contributed by atoms with Crippen LogP contribution in [0.25, 0.3) is 16.6 Å². The molecule has 10 heteroatoms. The van der Waals surface area contributed by atoms with Gasteiger partial charge in [0.05, 0.1) is 16.5 Å². The third kappa shape index (κ3) is 2.99. The fourth-order valence-corrected chi connectivity index (χ4v) is 4.66. The largest absolute Gasteiger partial charge is 0.346 e. The quantitative estimate of drug-likeness (QED) is 0.523. The van der Waals surface area contributed by atoms with Crippen LogP contribution in [0.4, 0.5) is 5.82 Å². The fourth-order valence-electron chi connectivity index (χ4n) is 4.44. The van der Waals surface area contributed by atoms with E-state index in [0.717, 1.165) is 54.9 Å². The van der Waals surface area contributed by atoms with E-state index in [0.29, 0.717) is 23.0 Å². The molecule has 2 aliphatic rings. The van der Waals surface area contributed by atoms with Gasteiger partial charge in [0.25, 0.3) is 5.56 Å². The van der Waals surface area contributed by atoms with Crippen LogP contribution in [0.1, 0.15) is 37.5 Å². The molecule has 1 atom stereocenters. The number of hydrogen-bond donors (Lipinski definition) is 1. The maximum atomic E-state index is 13.3. The Bertz CT molecular complexity index is 1290. The molecule has 30 heavy (non-hydrogen) atoms. The maximum Gasteiger partial charge on any atom is 0.279 e. The predicted molar refractivity (Wildman–Crippen MR) is 121 cm³/mol. The zero-order valence-corrected chi connectivity index (χ0v) is 18.0. The highest BCUT2D eigenvalue weighted by Gasteiger charge is 2.34. The van der Waals surface area contributed by atoms with Crippen molar-refractivity contribution in [3.8, 4) is 0 Å². The van der Waals surface area contributed by atoms with E-state index in [1.807, 2.05) is 16.8 Å². The van der Waals surface area contributed by atoms with E-state index < -0.39 is 0 Å². The summed E-state index contributed by atoms with van der Waals surface area (Å²) in [6.45, 7) is 1.57. The average molecular weight is 444 g/mol. The SMILES string of the molecule is O=c1c2c(Cl)ccn2nc([C@@H]2CCCN2c2ncnc3[nH]ccc23)n1CC1CC1.S. The van der Waals surface area contributed by atoms with Crippen LogP contribution in [0.5, 0.6) is 0 Å². The first-order valence-electron chi connectivity index (χ1n) is 10.0. The number of anilines is 1. The highest BCUT2D eigenvalue weighted by Crippen LogP contribution is 2.38. The number of rotatable bonds is 4. The van der Waals surface area contributed by atoms with Gasteiger partial charge in [-0.3, -0.25) is 9.36 Å². The Labute approximate surface area is 184 Å². The molecule has 1 aliphatic carbocycles. The van der Waals surface area contributed by atoms with Crippen LogP contribution in [-0.2, 0) is 6.54 Å². The number of nitrogens with zero attached hydrogens (tertiary/aromatic N) is 6. The molecule has 0 unspecified atom stereocenters. The molecule has 0 amide bonds. The van der Waals surface area contributed by atoms with Gasteiger partial charge in [-0.25, -0.2) is 14.5 Å². The molecule has 0 radical (unpaired) electrons. The summed E-state index contributed by atoms with van der Waals surface area (Å²) in [5, 5.41) is 6.30. The highest BCUT2D eigenvalue weighted by molar-refractivity contribution is 7.59. The van der Waals surface area contributed by atoms with Crippen LogP contribution in [0.15, 0.2) is 35.6 Å². The van der Waals surface area contributed by atoms with Crippen molar-refractivity contribution in [3.63, 3.8) is 0 Å². The number of hydrogen-bond acceptors (Lipinski definition) is 5. The third-order valence-electron chi connectivity index (χ3n) is 6.05. The second-order valence-electron chi connectivity index (χ2n) is 7.96. The van der Waals surface area contributed by atoms with Gasteiger partial charge in [-0.1, -0.05) is 11.6 Å². The van der Waals surface area contributed by atoms with Gasteiger partial charge in [0.15, 0.2) is 5.82 Å². The van der Waals surface area contributed by atoms with Crippen molar-refractivity contribution < 1.29 is 0 Å². The second kappa shape index (κ2) is 7.31. The van der Waals surface area contributed by atoms with Gasteiger partial charge in [-0.2, -0.15) is 18.6 Å². The lowest BCUT2D eigenvalue weighted by Crippen LogP contribution is -2.34. The molecule has 1 aliphatic heterocycles. The topological polar surface area (TPSA) is 84.1 Å². The van der Waals surface area contributed by atoms with E-state index in [1.54, 1.807) is 23.1 Å². The molecule has 4 aromatic rings. The van der Waals surface area contributed by atoms with Gasteiger partial charge in [0.1, 0.15) is 23.3 Å². The maximum absolute atomic E-state index is 13.3. The first-order valence-corrected chi connectivity index (χ1v) is 10.4. The van der Waals surface area contributed by atoms with Crippen molar-refractivity contribution >= 4 is 47.5 Å². The van der Waals surface area contributed by atoms with Crippen molar-refractivity contribution in [1.29, 1.82) is 0 Å². The predicted octanol–water partition coefficient (Wildman–Crippen LogP) is 3.29. The molecule has 0 aromatic carbocycles. The van der Waals surface area contributed by atoms with Crippen molar-refractivity contribution in [2.24, 2.45) is 5.92 Å². The highest BCUT2D eigenvalue weighted by atomic mass is 35.5. The number of halogens is 1. The smallest absolute Gasteiger partial charge is 0.279 e. The molecule has 4 aromatic heterocycles. The van der Waals surface area contributed by atoms with E-state index in [-0.39, 0.29) is 25.1 Å². The summed E-state index contributed by atoms with van der Waals surface area (Å²) in [5.41, 5.74) is 1.21. The lowest BCUT2D eigenvalue weighted by molar-refractivity contribution is 0.506. The van der Waals surface area contributed by atoms with Gasteiger partial charge >= 0.3 is 0 Å². The van der Waals surface area contributed by atoms with Crippen LogP contribution in [0.3, 0.4) is 0 Å². The molecule has 2 fully saturated rings. The Balaban J connectivity index is 0.00000193. The molecule has 156 valence electrons. The van der Waals surface area contributed by atoms with Gasteiger partial charge in [0, 0.05) is 25.5 Å². The minimum atomic E-state index is -0.0572. The Morgan fingerprint density at radius 2 is 2.07 bits per heavy atom. The standard InChI is InChI=1S/C20H20ClN7O.H2S/c21-14-6-9-28-16(14)20(29)27(10-12-3-4-12)19(25-28)15-2-1-8-26(15)18-13-5-7-22-17(13)23-11-24-18;/h5-7,9,11-12,15H,1-4,8,10H2,(H,22,23,24);1H2/t15-;/m0./s1. The summed E-state index contributed by atoms with van der Waals surface area (Å²) in [6, 6.07) is 3.72. The minimum Gasteiger partial charge on any atom is -0.346 e. The van der Waals surface area contributed by atoms with Gasteiger partial charge < -0.3 is 9.88 Å². The molecule has 1 saturated carbocycles. The van der Waals surface area contributed by atoms with Crippen molar-refractivity contribution in [3.05, 3.63) is 52.1 Å². The fraction of sp³-hybridized carbons (Fsp3) is 0.400. The lowest BCUT2D eigenvalue weighted by atomic mass is 10.2. The minimum absolute atomic E-state index is 0. The summed E-state index contributed by atoms with van der Waals surface area (Å²) < 4.78 is 3.49. The van der Waals surface area contributed by atoms with Crippen LogP contribution in [-0.4, -0.2) is 35.7 Å². The van der Waals surface area contributed by atoms with Gasteiger partial charge in [0.2, 0.25) is 0 Å². The van der Waals surface area contributed by atoms with E-state index in [1.165, 1.54) is 0 Å². The van der Waals surface area contributed by atoms with Gasteiger partial charge in [-0.15, -0.1) is 0 Å². The summed E-state index contributed by atoms with van der Waals surface area (Å²) >= 11 is 6.29. The summed E-state index contributed by atoms with van der Waals surface area (Å²) in [4.78, 5) is 27.6. The zero-order chi connectivity index (χ0) is 19.5. The Morgan fingerprint density at radius 3 is 2.90 bits per heavy atom. The summed E-state index contributed by atoms with van der Waals surface area (Å²) in [5.74, 6) is 2.23. The summed E-state index contributed by atoms with van der Waals surface area (Å²) in [6.07, 6.45) is 9.49. The van der Waals surface area contributed by atoms with Gasteiger partial charge in [-0.05, 0) is 43.7 Å². The number of aromatic amines is 1. The van der Waals surface area contributed by atoms with Crippen LogP contribution < -0.4 is 10.5 Å². The summed E-state index contributed by atoms with van der Waals surface area (Å²) in [7, 11) is 0. The molecule has 0 spiro atoms. The average Bonchev–Trinajstić information content (AvgIpc) is 3.11. The molecule has 5 heterocycles. The van der Waals surface area contributed by atoms with Crippen molar-refractivity contribution in [2.45, 2.75) is 38.3 Å². The Hall–Kier alpha value is -2.52. The van der Waals surface area contributed by atoms with Crippen LogP contribution >= 0.6 is 25.1 Å². The number of nitrogens with one attached hydrogen (secondary N) is 1. The molecule has 1 N–H and O–H groups in total. The second-order valence-corrected chi connectivity index (χ2v) is 8.37. The number of H-pyrrole nitrogens is 1. The first-order chi connectivity index (χ1) is 14.2. The Kier molecular flexibility index (Phi) is 4.74. The molecule has 8 nitrogen and oxygen atoms in total. The zero-order valence-electron chi connectivity index (χ0n) is 16.3. The normalized spacial score (nSPS) is 19.0. The molecule has 1 saturated heterocycles. The van der Waals surface area contributed by atoms with E-state index >= 15 is 0 Å². The van der Waals surface area contributed by atoms with Crippen molar-refractivity contribution in [2.75, 3.05) is 11.4 Å². The third-order valence-corrected chi connectivity index (χ3v) is 6.35. The van der Waals surface area contributed by atoms with Crippen LogP contribution in [0, 0.1) is 5.92 Å². The number of fused-ring (bicyclic) bond motifs is 2. The van der Waals surface area contributed by atoms with E-state index in [4.69, 9.17) is 16.7 Å². The lowest BCUT2D eigenvalue weighted by Gasteiger charge is -2.27. The van der Waals surface area contributed by atoms with E-state index in [9.17, 15) is 4.79 Å². The molecule has 6 rings (SSSR count). The monoisotopic (exact) mass is 443 g/mol. The van der Waals surface area contributed by atoms with Crippen molar-refractivity contribution in [1.82, 2.24) is 29.1 Å².